The van der Waals surface area contributed by atoms with Crippen LogP contribution in [0.2, 0.25) is 0 Å². The quantitative estimate of drug-likeness (QED) is 0.822. The van der Waals surface area contributed by atoms with E-state index in [0.717, 1.165) is 18.6 Å². The molecule has 0 aromatic heterocycles. The molecule has 0 aliphatic heterocycles. The van der Waals surface area contributed by atoms with Crippen molar-refractivity contribution in [2.24, 2.45) is 5.73 Å². The van der Waals surface area contributed by atoms with Gasteiger partial charge in [-0.25, -0.2) is 0 Å². The van der Waals surface area contributed by atoms with Gasteiger partial charge in [0.1, 0.15) is 5.75 Å². The first-order valence-corrected chi connectivity index (χ1v) is 6.25. The van der Waals surface area contributed by atoms with E-state index in [1.54, 1.807) is 14.0 Å². The van der Waals surface area contributed by atoms with Gasteiger partial charge in [-0.3, -0.25) is 4.79 Å². The summed E-state index contributed by atoms with van der Waals surface area (Å²) in [4.78, 5) is 11.5. The minimum absolute atomic E-state index is 0.0882. The summed E-state index contributed by atoms with van der Waals surface area (Å²) in [5, 5.41) is 2.92. The van der Waals surface area contributed by atoms with Gasteiger partial charge >= 0.3 is 0 Å². The molecule has 0 radical (unpaired) electrons. The predicted molar refractivity (Wildman–Crippen MR) is 70.6 cm³/mol. The lowest BCUT2D eigenvalue weighted by Crippen LogP contribution is -2.41. The fraction of sp³-hybridized carbons (Fsp3) is 0.500. The van der Waals surface area contributed by atoms with Crippen molar-refractivity contribution in [3.63, 3.8) is 0 Å². The van der Waals surface area contributed by atoms with Crippen LogP contribution in [0.3, 0.4) is 0 Å². The van der Waals surface area contributed by atoms with Crippen LogP contribution >= 0.6 is 0 Å². The normalized spacial score (nSPS) is 17.9. The highest BCUT2D eigenvalue weighted by molar-refractivity contribution is 5.81. The first kappa shape index (κ1) is 12.9. The molecule has 1 amide bonds. The summed E-state index contributed by atoms with van der Waals surface area (Å²) in [6.07, 6.45) is 2.22. The molecule has 98 valence electrons. The number of ether oxygens (including phenoxy) is 1. The summed E-state index contributed by atoms with van der Waals surface area (Å²) in [6, 6.07) is 7.62. The maximum absolute atomic E-state index is 11.5. The van der Waals surface area contributed by atoms with Crippen LogP contribution in [-0.4, -0.2) is 25.6 Å². The summed E-state index contributed by atoms with van der Waals surface area (Å²) in [7, 11) is 1.66. The van der Waals surface area contributed by atoms with Gasteiger partial charge in [0.25, 0.3) is 0 Å². The van der Waals surface area contributed by atoms with Crippen LogP contribution in [0.1, 0.15) is 25.3 Å². The Kier molecular flexibility index (Phi) is 3.57. The molecular weight excluding hydrogens is 228 g/mol. The van der Waals surface area contributed by atoms with Crippen molar-refractivity contribution >= 4 is 5.91 Å². The molecule has 1 fully saturated rings. The van der Waals surface area contributed by atoms with E-state index in [9.17, 15) is 4.79 Å². The van der Waals surface area contributed by atoms with Gasteiger partial charge in [0, 0.05) is 12.0 Å². The molecule has 1 aromatic rings. The molecule has 1 atom stereocenters. The van der Waals surface area contributed by atoms with Crippen LogP contribution in [0.5, 0.6) is 5.75 Å². The zero-order valence-corrected chi connectivity index (χ0v) is 10.9. The summed E-state index contributed by atoms with van der Waals surface area (Å²) in [5.41, 5.74) is 6.90. The molecule has 18 heavy (non-hydrogen) atoms. The second kappa shape index (κ2) is 4.98. The van der Waals surface area contributed by atoms with Crippen LogP contribution in [0.15, 0.2) is 24.3 Å². The van der Waals surface area contributed by atoms with Gasteiger partial charge in [-0.2, -0.15) is 0 Å². The van der Waals surface area contributed by atoms with Gasteiger partial charge in [0.15, 0.2) is 0 Å². The third-order valence-electron chi connectivity index (χ3n) is 3.57. The van der Waals surface area contributed by atoms with Crippen molar-refractivity contribution in [1.82, 2.24) is 5.32 Å². The molecule has 4 nitrogen and oxygen atoms in total. The first-order valence-electron chi connectivity index (χ1n) is 6.25. The average Bonchev–Trinajstić information content (AvgIpc) is 3.17. The van der Waals surface area contributed by atoms with Crippen molar-refractivity contribution < 1.29 is 9.53 Å². The molecule has 1 aliphatic rings. The highest BCUT2D eigenvalue weighted by atomic mass is 16.5. The lowest BCUT2D eigenvalue weighted by molar-refractivity contribution is -0.122. The molecule has 3 N–H and O–H groups in total. The Hall–Kier alpha value is -1.55. The number of hydrogen-bond donors (Lipinski definition) is 2. The van der Waals surface area contributed by atoms with Crippen molar-refractivity contribution in [3.8, 4) is 5.75 Å². The van der Waals surface area contributed by atoms with E-state index in [2.05, 4.69) is 17.4 Å². The zero-order chi connectivity index (χ0) is 13.2. The summed E-state index contributed by atoms with van der Waals surface area (Å²) >= 11 is 0. The maximum atomic E-state index is 11.5. The van der Waals surface area contributed by atoms with Gasteiger partial charge in [-0.05, 0) is 37.5 Å². The van der Waals surface area contributed by atoms with E-state index in [-0.39, 0.29) is 11.3 Å². The highest BCUT2D eigenvalue weighted by Gasteiger charge is 2.44. The van der Waals surface area contributed by atoms with Crippen LogP contribution in [0.4, 0.5) is 0 Å². The third kappa shape index (κ3) is 2.64. The summed E-state index contributed by atoms with van der Waals surface area (Å²) < 4.78 is 5.15. The number of nitrogens with two attached hydrogens (primary N) is 1. The molecule has 0 heterocycles. The van der Waals surface area contributed by atoms with Crippen molar-refractivity contribution in [3.05, 3.63) is 29.8 Å². The van der Waals surface area contributed by atoms with Crippen LogP contribution < -0.4 is 15.8 Å². The van der Waals surface area contributed by atoms with E-state index in [1.807, 2.05) is 12.1 Å². The number of carbonyl (C=O) groups is 1. The van der Waals surface area contributed by atoms with Gasteiger partial charge in [0.2, 0.25) is 5.91 Å². The van der Waals surface area contributed by atoms with E-state index in [1.165, 1.54) is 5.56 Å². The van der Waals surface area contributed by atoms with E-state index in [0.29, 0.717) is 6.54 Å². The Bertz CT molecular complexity index is 422. The smallest absolute Gasteiger partial charge is 0.236 e. The molecule has 0 saturated heterocycles. The SMILES string of the molecule is COc1ccc(C2(CNC(=O)C(C)N)CC2)cc1. The standard InChI is InChI=1S/C14H20N2O2/c1-10(15)13(17)16-9-14(7-8-14)11-3-5-12(18-2)6-4-11/h3-6,10H,7-9,15H2,1-2H3,(H,16,17). The lowest BCUT2D eigenvalue weighted by Gasteiger charge is -2.18. The van der Waals surface area contributed by atoms with Crippen molar-refractivity contribution in [2.75, 3.05) is 13.7 Å². The fourth-order valence-corrected chi connectivity index (χ4v) is 2.08. The second-order valence-electron chi connectivity index (χ2n) is 5.02. The molecule has 1 aromatic carbocycles. The Morgan fingerprint density at radius 2 is 2.06 bits per heavy atom. The molecule has 1 unspecified atom stereocenters. The zero-order valence-electron chi connectivity index (χ0n) is 10.9. The van der Waals surface area contributed by atoms with Gasteiger partial charge in [-0.1, -0.05) is 12.1 Å². The minimum Gasteiger partial charge on any atom is -0.497 e. The van der Waals surface area contributed by atoms with Crippen LogP contribution in [0, 0.1) is 0 Å². The Balaban J connectivity index is 2.00. The van der Waals surface area contributed by atoms with Crippen LogP contribution in [0.25, 0.3) is 0 Å². The number of rotatable bonds is 5. The number of methoxy groups -OCH3 is 1. The van der Waals surface area contributed by atoms with E-state index >= 15 is 0 Å². The molecule has 2 rings (SSSR count). The number of benzene rings is 1. The van der Waals surface area contributed by atoms with Crippen molar-refractivity contribution in [2.45, 2.75) is 31.2 Å². The van der Waals surface area contributed by atoms with Crippen molar-refractivity contribution in [1.29, 1.82) is 0 Å². The summed E-state index contributed by atoms with van der Waals surface area (Å²) in [6.45, 7) is 2.36. The first-order chi connectivity index (χ1) is 8.57. The molecule has 1 saturated carbocycles. The average molecular weight is 248 g/mol. The van der Waals surface area contributed by atoms with Crippen LogP contribution in [-0.2, 0) is 10.2 Å². The highest BCUT2D eigenvalue weighted by Crippen LogP contribution is 2.47. The minimum atomic E-state index is -0.448. The summed E-state index contributed by atoms with van der Waals surface area (Å²) in [5.74, 6) is 0.768. The van der Waals surface area contributed by atoms with E-state index < -0.39 is 6.04 Å². The number of amides is 1. The Morgan fingerprint density at radius 3 is 2.50 bits per heavy atom. The topological polar surface area (TPSA) is 64.3 Å². The largest absolute Gasteiger partial charge is 0.497 e. The molecule has 0 bridgehead atoms. The molecule has 4 heteroatoms. The molecule has 0 spiro atoms. The molecule has 1 aliphatic carbocycles. The number of nitrogens with one attached hydrogen (secondary N) is 1. The number of carbonyl (C=O) groups excluding carboxylic acids is 1. The Labute approximate surface area is 108 Å². The third-order valence-corrected chi connectivity index (χ3v) is 3.57. The fourth-order valence-electron chi connectivity index (χ4n) is 2.08. The van der Waals surface area contributed by atoms with Gasteiger partial charge < -0.3 is 15.8 Å². The van der Waals surface area contributed by atoms with Gasteiger partial charge in [-0.15, -0.1) is 0 Å². The second-order valence-corrected chi connectivity index (χ2v) is 5.02. The predicted octanol–water partition coefficient (Wildman–Crippen LogP) is 1.19. The van der Waals surface area contributed by atoms with Gasteiger partial charge in [0.05, 0.1) is 13.2 Å². The molecular formula is C14H20N2O2. The number of hydrogen-bond acceptors (Lipinski definition) is 3. The Morgan fingerprint density at radius 1 is 1.44 bits per heavy atom. The lowest BCUT2D eigenvalue weighted by atomic mass is 9.96. The van der Waals surface area contributed by atoms with E-state index in [4.69, 9.17) is 10.5 Å². The maximum Gasteiger partial charge on any atom is 0.236 e. The monoisotopic (exact) mass is 248 g/mol.